The number of nitrogens with zero attached hydrogens (tertiary/aromatic N) is 1. The van der Waals surface area contributed by atoms with Crippen molar-refractivity contribution in [1.82, 2.24) is 4.90 Å². The summed E-state index contributed by atoms with van der Waals surface area (Å²) in [5.41, 5.74) is 1.36. The van der Waals surface area contributed by atoms with Crippen molar-refractivity contribution in [2.24, 2.45) is 0 Å². The second kappa shape index (κ2) is 7.52. The van der Waals surface area contributed by atoms with Gasteiger partial charge in [0.25, 0.3) is 5.91 Å². The largest absolute Gasteiger partial charge is 0.464 e. The Balaban J connectivity index is 1.69. The molecule has 0 bridgehead atoms. The minimum atomic E-state index is -0.373. The Hall–Kier alpha value is -3.67. The summed E-state index contributed by atoms with van der Waals surface area (Å²) in [7, 11) is 0. The van der Waals surface area contributed by atoms with Crippen LogP contribution >= 0.6 is 0 Å². The number of amides is 1. The molecule has 2 aromatic carbocycles. The molecule has 2 heterocycles. The maximum absolute atomic E-state index is 13.2. The van der Waals surface area contributed by atoms with Gasteiger partial charge in [0, 0.05) is 6.54 Å². The van der Waals surface area contributed by atoms with Crippen LogP contribution in [0.1, 0.15) is 21.7 Å². The van der Waals surface area contributed by atoms with Gasteiger partial charge in [-0.05, 0) is 42.0 Å². The lowest BCUT2D eigenvalue weighted by Crippen LogP contribution is -2.31. The number of hydrogen-bond acceptors (Lipinski definition) is 4. The number of benzene rings is 2. The molecule has 2 aromatic heterocycles. The molecule has 0 saturated heterocycles. The quantitative estimate of drug-likeness (QED) is 0.518. The fourth-order valence-electron chi connectivity index (χ4n) is 3.00. The summed E-state index contributed by atoms with van der Waals surface area (Å²) in [6.45, 7) is 0.218. The molecule has 0 aliphatic heterocycles. The molecular formula is C22H16FNO4. The van der Waals surface area contributed by atoms with Crippen molar-refractivity contribution in [3.63, 3.8) is 0 Å². The maximum Gasteiger partial charge on any atom is 0.290 e. The predicted octanol–water partition coefficient (Wildman–Crippen LogP) is 4.37. The van der Waals surface area contributed by atoms with Crippen LogP contribution in [0.3, 0.4) is 0 Å². The average molecular weight is 377 g/mol. The van der Waals surface area contributed by atoms with E-state index in [0.717, 1.165) is 5.56 Å². The third kappa shape index (κ3) is 3.57. The zero-order valence-corrected chi connectivity index (χ0v) is 14.8. The van der Waals surface area contributed by atoms with Crippen LogP contribution in [-0.2, 0) is 13.1 Å². The normalized spacial score (nSPS) is 10.9. The highest BCUT2D eigenvalue weighted by Crippen LogP contribution is 2.16. The first kappa shape index (κ1) is 17.7. The zero-order valence-electron chi connectivity index (χ0n) is 14.8. The van der Waals surface area contributed by atoms with Crippen LogP contribution in [0, 0.1) is 5.82 Å². The molecule has 0 radical (unpaired) electrons. The first-order chi connectivity index (χ1) is 13.6. The van der Waals surface area contributed by atoms with E-state index < -0.39 is 0 Å². The van der Waals surface area contributed by atoms with Crippen molar-refractivity contribution in [3.05, 3.63) is 106 Å². The lowest BCUT2D eigenvalue weighted by Gasteiger charge is -2.21. The van der Waals surface area contributed by atoms with Crippen LogP contribution in [0.15, 0.2) is 86.8 Å². The van der Waals surface area contributed by atoms with Crippen molar-refractivity contribution in [2.75, 3.05) is 0 Å². The number of furan rings is 1. The van der Waals surface area contributed by atoms with Crippen LogP contribution in [0.2, 0.25) is 0 Å². The Morgan fingerprint density at radius 2 is 1.71 bits per heavy atom. The molecule has 0 fully saturated rings. The topological polar surface area (TPSA) is 63.7 Å². The number of hydrogen-bond donors (Lipinski definition) is 0. The van der Waals surface area contributed by atoms with E-state index in [2.05, 4.69) is 0 Å². The SMILES string of the molecule is O=C(c1ccco1)N(Cc1ccc(F)cc1)Cc1coc2ccccc2c1=O. The fraction of sp³-hybridized carbons (Fsp3) is 0.0909. The highest BCUT2D eigenvalue weighted by Gasteiger charge is 2.21. The molecule has 0 aliphatic rings. The van der Waals surface area contributed by atoms with Gasteiger partial charge in [-0.15, -0.1) is 0 Å². The molecule has 1 amide bonds. The number of rotatable bonds is 5. The van der Waals surface area contributed by atoms with Crippen molar-refractivity contribution in [2.45, 2.75) is 13.1 Å². The summed E-state index contributed by atoms with van der Waals surface area (Å²) >= 11 is 0. The summed E-state index contributed by atoms with van der Waals surface area (Å²) in [4.78, 5) is 27.1. The minimum Gasteiger partial charge on any atom is -0.464 e. The van der Waals surface area contributed by atoms with Crippen molar-refractivity contribution in [1.29, 1.82) is 0 Å². The molecule has 0 saturated carbocycles. The fourth-order valence-corrected chi connectivity index (χ4v) is 3.00. The van der Waals surface area contributed by atoms with Crippen molar-refractivity contribution in [3.8, 4) is 0 Å². The van der Waals surface area contributed by atoms with E-state index in [1.807, 2.05) is 0 Å². The van der Waals surface area contributed by atoms with Gasteiger partial charge >= 0.3 is 0 Å². The van der Waals surface area contributed by atoms with Gasteiger partial charge in [-0.1, -0.05) is 24.3 Å². The number of carbonyl (C=O) groups is 1. The van der Waals surface area contributed by atoms with E-state index in [9.17, 15) is 14.0 Å². The number of para-hydroxylation sites is 1. The molecule has 0 atom stereocenters. The van der Waals surface area contributed by atoms with Crippen molar-refractivity contribution < 1.29 is 18.0 Å². The van der Waals surface area contributed by atoms with Gasteiger partial charge in [-0.25, -0.2) is 4.39 Å². The van der Waals surface area contributed by atoms with E-state index in [0.29, 0.717) is 16.5 Å². The number of halogens is 1. The molecule has 4 aromatic rings. The first-order valence-corrected chi connectivity index (χ1v) is 8.68. The standard InChI is InChI=1S/C22H16FNO4/c23-17-9-7-15(8-10-17)12-24(22(26)20-6-3-11-27-20)13-16-14-28-19-5-2-1-4-18(19)21(16)25/h1-11,14H,12-13H2. The van der Waals surface area contributed by atoms with Crippen LogP contribution < -0.4 is 5.43 Å². The molecule has 4 rings (SSSR count). The van der Waals surface area contributed by atoms with Gasteiger partial charge < -0.3 is 13.7 Å². The zero-order chi connectivity index (χ0) is 19.5. The highest BCUT2D eigenvalue weighted by molar-refractivity contribution is 5.91. The maximum atomic E-state index is 13.2. The molecular weight excluding hydrogens is 361 g/mol. The molecule has 6 heteroatoms. The van der Waals surface area contributed by atoms with Crippen LogP contribution in [0.5, 0.6) is 0 Å². The molecule has 0 unspecified atom stereocenters. The molecule has 28 heavy (non-hydrogen) atoms. The summed E-state index contributed by atoms with van der Waals surface area (Å²) < 4.78 is 24.0. The Kier molecular flexibility index (Phi) is 4.76. The first-order valence-electron chi connectivity index (χ1n) is 8.68. The van der Waals surface area contributed by atoms with Gasteiger partial charge in [0.05, 0.1) is 30.0 Å². The van der Waals surface area contributed by atoms with E-state index in [1.165, 1.54) is 29.6 Å². The van der Waals surface area contributed by atoms with Gasteiger partial charge in [0.1, 0.15) is 11.4 Å². The smallest absolute Gasteiger partial charge is 0.290 e. The van der Waals surface area contributed by atoms with Crippen molar-refractivity contribution >= 4 is 16.9 Å². The number of carbonyl (C=O) groups excluding carboxylic acids is 1. The van der Waals surface area contributed by atoms with E-state index >= 15 is 0 Å². The third-order valence-electron chi connectivity index (χ3n) is 4.42. The summed E-state index contributed by atoms with van der Waals surface area (Å²) in [5, 5.41) is 0.451. The van der Waals surface area contributed by atoms with Gasteiger partial charge in [0.2, 0.25) is 0 Å². The Labute approximate surface area is 159 Å². The second-order valence-electron chi connectivity index (χ2n) is 6.35. The minimum absolute atomic E-state index is 0.0318. The predicted molar refractivity (Wildman–Crippen MR) is 101 cm³/mol. The molecule has 0 aliphatic carbocycles. The Morgan fingerprint density at radius 1 is 0.929 bits per heavy atom. The Morgan fingerprint density at radius 3 is 2.46 bits per heavy atom. The van der Waals surface area contributed by atoms with E-state index in [4.69, 9.17) is 8.83 Å². The second-order valence-corrected chi connectivity index (χ2v) is 6.35. The van der Waals surface area contributed by atoms with E-state index in [1.54, 1.807) is 48.5 Å². The number of fused-ring (bicyclic) bond motifs is 1. The van der Waals surface area contributed by atoms with Gasteiger partial charge in [-0.2, -0.15) is 0 Å². The average Bonchev–Trinajstić information content (AvgIpc) is 3.25. The lowest BCUT2D eigenvalue weighted by molar-refractivity contribution is 0.0696. The summed E-state index contributed by atoms with van der Waals surface area (Å²) in [5.74, 6) is -0.572. The monoisotopic (exact) mass is 377 g/mol. The molecule has 0 N–H and O–H groups in total. The van der Waals surface area contributed by atoms with Crippen LogP contribution in [-0.4, -0.2) is 10.8 Å². The Bertz CT molecular complexity index is 1160. The highest BCUT2D eigenvalue weighted by atomic mass is 19.1. The summed E-state index contributed by atoms with van der Waals surface area (Å²) in [6, 6.07) is 16.0. The third-order valence-corrected chi connectivity index (χ3v) is 4.42. The van der Waals surface area contributed by atoms with E-state index in [-0.39, 0.29) is 36.0 Å². The van der Waals surface area contributed by atoms with Gasteiger partial charge in [0.15, 0.2) is 11.2 Å². The molecule has 5 nitrogen and oxygen atoms in total. The van der Waals surface area contributed by atoms with Gasteiger partial charge in [-0.3, -0.25) is 9.59 Å². The lowest BCUT2D eigenvalue weighted by atomic mass is 10.1. The van der Waals surface area contributed by atoms with Crippen LogP contribution in [0.25, 0.3) is 11.0 Å². The van der Waals surface area contributed by atoms with Crippen LogP contribution in [0.4, 0.5) is 4.39 Å². The molecule has 140 valence electrons. The molecule has 0 spiro atoms. The summed E-state index contributed by atoms with van der Waals surface area (Å²) in [6.07, 6.45) is 2.78.